The third-order valence-electron chi connectivity index (χ3n) is 5.72. The van der Waals surface area contributed by atoms with Crippen molar-refractivity contribution in [3.63, 3.8) is 0 Å². The Hall–Kier alpha value is -3.28. The van der Waals surface area contributed by atoms with Gasteiger partial charge in [0.1, 0.15) is 0 Å². The van der Waals surface area contributed by atoms with Gasteiger partial charge in [0.05, 0.1) is 5.41 Å². The van der Waals surface area contributed by atoms with Crippen molar-refractivity contribution >= 4 is 17.9 Å². The molecule has 2 amide bonds. The quantitative estimate of drug-likeness (QED) is 0.733. The molecule has 0 unspecified atom stereocenters. The normalized spacial score (nSPS) is 16.2. The molecule has 2 heterocycles. The Bertz CT molecular complexity index is 960. The number of piperazine rings is 1. The summed E-state index contributed by atoms with van der Waals surface area (Å²) in [7, 11) is 0. The fraction of sp³-hybridized carbons (Fsp3) is 0.333. The Morgan fingerprint density at radius 2 is 1.57 bits per heavy atom. The maximum atomic E-state index is 13.1. The van der Waals surface area contributed by atoms with E-state index < -0.39 is 5.41 Å². The third kappa shape index (κ3) is 4.03. The molecule has 2 aromatic rings. The molecule has 0 bridgehead atoms. The van der Waals surface area contributed by atoms with Gasteiger partial charge in [0, 0.05) is 32.3 Å². The molecule has 6 heteroatoms. The lowest BCUT2D eigenvalue weighted by Crippen LogP contribution is -2.54. The zero-order valence-corrected chi connectivity index (χ0v) is 17.3. The first-order valence-electron chi connectivity index (χ1n) is 10.2. The predicted octanol–water partition coefficient (Wildman–Crippen LogP) is 3.08. The van der Waals surface area contributed by atoms with Crippen molar-refractivity contribution in [1.82, 2.24) is 9.80 Å². The number of carbonyl (C=O) groups excluding carboxylic acids is 2. The SMILES string of the molecule is CC(C)(C(=O)N1CCN(C(=O)/C=C/c2ccc3c(c2)OCO3)CC1)c1ccccc1. The predicted molar refractivity (Wildman–Crippen MR) is 114 cm³/mol. The van der Waals surface area contributed by atoms with Crippen LogP contribution in [0.15, 0.2) is 54.6 Å². The lowest BCUT2D eigenvalue weighted by molar-refractivity contribution is -0.141. The fourth-order valence-corrected chi connectivity index (χ4v) is 3.79. The monoisotopic (exact) mass is 406 g/mol. The highest BCUT2D eigenvalue weighted by atomic mass is 16.7. The average molecular weight is 406 g/mol. The lowest BCUT2D eigenvalue weighted by atomic mass is 9.83. The number of nitrogens with zero attached hydrogens (tertiary/aromatic N) is 2. The van der Waals surface area contributed by atoms with E-state index in [2.05, 4.69) is 0 Å². The van der Waals surface area contributed by atoms with Crippen molar-refractivity contribution in [2.75, 3.05) is 33.0 Å². The second kappa shape index (κ2) is 8.22. The maximum absolute atomic E-state index is 13.1. The van der Waals surface area contributed by atoms with Crippen molar-refractivity contribution < 1.29 is 19.1 Å². The summed E-state index contributed by atoms with van der Waals surface area (Å²) in [5, 5.41) is 0. The first kappa shape index (κ1) is 20.0. The van der Waals surface area contributed by atoms with Crippen LogP contribution in [0.4, 0.5) is 0 Å². The molecule has 0 aliphatic carbocycles. The minimum atomic E-state index is -0.591. The minimum Gasteiger partial charge on any atom is -0.454 e. The topological polar surface area (TPSA) is 59.1 Å². The molecular weight excluding hydrogens is 380 g/mol. The number of ether oxygens (including phenoxy) is 2. The van der Waals surface area contributed by atoms with Crippen LogP contribution in [0.5, 0.6) is 11.5 Å². The molecule has 0 N–H and O–H groups in total. The summed E-state index contributed by atoms with van der Waals surface area (Å²) < 4.78 is 10.7. The van der Waals surface area contributed by atoms with E-state index in [1.54, 1.807) is 17.1 Å². The van der Waals surface area contributed by atoms with Crippen molar-refractivity contribution in [3.8, 4) is 11.5 Å². The van der Waals surface area contributed by atoms with Gasteiger partial charge in [0.2, 0.25) is 18.6 Å². The number of carbonyl (C=O) groups is 2. The van der Waals surface area contributed by atoms with Crippen LogP contribution in [-0.4, -0.2) is 54.6 Å². The highest BCUT2D eigenvalue weighted by molar-refractivity contribution is 5.92. The summed E-state index contributed by atoms with van der Waals surface area (Å²) in [6.45, 7) is 6.28. The molecule has 4 rings (SSSR count). The van der Waals surface area contributed by atoms with E-state index >= 15 is 0 Å². The number of fused-ring (bicyclic) bond motifs is 1. The largest absolute Gasteiger partial charge is 0.454 e. The second-order valence-electron chi connectivity index (χ2n) is 8.05. The van der Waals surface area contributed by atoms with Crippen LogP contribution < -0.4 is 9.47 Å². The van der Waals surface area contributed by atoms with Gasteiger partial charge in [0.25, 0.3) is 0 Å². The molecule has 0 radical (unpaired) electrons. The van der Waals surface area contributed by atoms with Crippen LogP contribution in [0.25, 0.3) is 6.08 Å². The second-order valence-corrected chi connectivity index (χ2v) is 8.05. The molecule has 0 saturated carbocycles. The van der Waals surface area contributed by atoms with Crippen LogP contribution in [-0.2, 0) is 15.0 Å². The van der Waals surface area contributed by atoms with E-state index in [0.717, 1.165) is 16.9 Å². The van der Waals surface area contributed by atoms with Gasteiger partial charge in [-0.3, -0.25) is 9.59 Å². The van der Waals surface area contributed by atoms with E-state index in [9.17, 15) is 9.59 Å². The highest BCUT2D eigenvalue weighted by Gasteiger charge is 2.35. The van der Waals surface area contributed by atoms with Gasteiger partial charge in [-0.25, -0.2) is 0 Å². The average Bonchev–Trinajstić information content (AvgIpc) is 3.25. The molecule has 6 nitrogen and oxygen atoms in total. The van der Waals surface area contributed by atoms with Crippen LogP contribution >= 0.6 is 0 Å². The van der Waals surface area contributed by atoms with Gasteiger partial charge >= 0.3 is 0 Å². The van der Waals surface area contributed by atoms with E-state index in [1.807, 2.05) is 67.3 Å². The van der Waals surface area contributed by atoms with Gasteiger partial charge in [-0.2, -0.15) is 0 Å². The molecule has 0 atom stereocenters. The summed E-state index contributed by atoms with van der Waals surface area (Å²) in [6, 6.07) is 15.4. The molecule has 0 spiro atoms. The van der Waals surface area contributed by atoms with Crippen LogP contribution in [0.2, 0.25) is 0 Å². The summed E-state index contributed by atoms with van der Waals surface area (Å²) in [4.78, 5) is 29.3. The highest BCUT2D eigenvalue weighted by Crippen LogP contribution is 2.32. The number of benzene rings is 2. The summed E-state index contributed by atoms with van der Waals surface area (Å²) >= 11 is 0. The Morgan fingerprint density at radius 3 is 2.30 bits per heavy atom. The van der Waals surface area contributed by atoms with Crippen molar-refractivity contribution in [2.24, 2.45) is 0 Å². The van der Waals surface area contributed by atoms with E-state index in [-0.39, 0.29) is 18.6 Å². The molecule has 1 fully saturated rings. The molecule has 156 valence electrons. The summed E-state index contributed by atoms with van der Waals surface area (Å²) in [5.74, 6) is 1.45. The molecular formula is C24H26N2O4. The van der Waals surface area contributed by atoms with Gasteiger partial charge in [-0.15, -0.1) is 0 Å². The molecule has 0 aromatic heterocycles. The van der Waals surface area contributed by atoms with Crippen molar-refractivity contribution in [3.05, 3.63) is 65.7 Å². The molecule has 2 aliphatic rings. The first-order chi connectivity index (χ1) is 14.4. The van der Waals surface area contributed by atoms with Gasteiger partial charge < -0.3 is 19.3 Å². The first-order valence-corrected chi connectivity index (χ1v) is 10.2. The smallest absolute Gasteiger partial charge is 0.246 e. The van der Waals surface area contributed by atoms with Crippen LogP contribution in [0, 0.1) is 0 Å². The van der Waals surface area contributed by atoms with Crippen LogP contribution in [0.3, 0.4) is 0 Å². The van der Waals surface area contributed by atoms with Gasteiger partial charge in [-0.05, 0) is 43.2 Å². The standard InChI is InChI=1S/C24H26N2O4/c1-24(2,19-6-4-3-5-7-19)23(28)26-14-12-25(13-15-26)22(27)11-9-18-8-10-20-21(16-18)30-17-29-20/h3-11,16H,12-15,17H2,1-2H3/b11-9+. The van der Waals surface area contributed by atoms with Crippen molar-refractivity contribution in [2.45, 2.75) is 19.3 Å². The van der Waals surface area contributed by atoms with Gasteiger partial charge in [0.15, 0.2) is 11.5 Å². The van der Waals surface area contributed by atoms with Crippen LogP contribution in [0.1, 0.15) is 25.0 Å². The Balaban J connectivity index is 1.34. The number of hydrogen-bond donors (Lipinski definition) is 0. The maximum Gasteiger partial charge on any atom is 0.246 e. The van der Waals surface area contributed by atoms with Crippen molar-refractivity contribution in [1.29, 1.82) is 0 Å². The number of hydrogen-bond acceptors (Lipinski definition) is 4. The Labute approximate surface area is 176 Å². The van der Waals surface area contributed by atoms with Gasteiger partial charge in [-0.1, -0.05) is 36.4 Å². The number of amides is 2. The zero-order chi connectivity index (χ0) is 21.1. The zero-order valence-electron chi connectivity index (χ0n) is 17.3. The Kier molecular flexibility index (Phi) is 5.48. The minimum absolute atomic E-state index is 0.0536. The third-order valence-corrected chi connectivity index (χ3v) is 5.72. The lowest BCUT2D eigenvalue weighted by Gasteiger charge is -2.38. The number of rotatable bonds is 4. The summed E-state index contributed by atoms with van der Waals surface area (Å²) in [6.07, 6.45) is 3.35. The molecule has 1 saturated heterocycles. The summed E-state index contributed by atoms with van der Waals surface area (Å²) in [5.41, 5.74) is 1.29. The molecule has 2 aliphatic heterocycles. The van der Waals surface area contributed by atoms with E-state index in [0.29, 0.717) is 31.9 Å². The molecule has 30 heavy (non-hydrogen) atoms. The van der Waals surface area contributed by atoms with E-state index in [4.69, 9.17) is 9.47 Å². The molecule has 2 aromatic carbocycles. The van der Waals surface area contributed by atoms with E-state index in [1.165, 1.54) is 0 Å². The Morgan fingerprint density at radius 1 is 0.900 bits per heavy atom. The fourth-order valence-electron chi connectivity index (χ4n) is 3.79.